The molecule has 0 saturated carbocycles. The fourth-order valence-electron chi connectivity index (χ4n) is 4.85. The monoisotopic (exact) mass is 408 g/mol. The third kappa shape index (κ3) is 3.60. The summed E-state index contributed by atoms with van der Waals surface area (Å²) in [5.74, 6) is 1.96. The van der Waals surface area contributed by atoms with Crippen LogP contribution in [0.3, 0.4) is 0 Å². The van der Waals surface area contributed by atoms with E-state index in [1.54, 1.807) is 13.4 Å². The molecule has 0 bridgehead atoms. The molecule has 1 atom stereocenters. The van der Waals surface area contributed by atoms with Crippen molar-refractivity contribution in [1.82, 2.24) is 14.9 Å². The van der Waals surface area contributed by atoms with Gasteiger partial charge in [0.25, 0.3) is 0 Å². The van der Waals surface area contributed by atoms with Gasteiger partial charge in [0.15, 0.2) is 0 Å². The molecule has 1 aliphatic heterocycles. The highest BCUT2D eigenvalue weighted by Crippen LogP contribution is 2.39. The Kier molecular flexibility index (Phi) is 5.38. The molecule has 1 aliphatic carbocycles. The van der Waals surface area contributed by atoms with Gasteiger partial charge in [-0.3, -0.25) is 4.90 Å². The summed E-state index contributed by atoms with van der Waals surface area (Å²) in [5.41, 5.74) is 2.73. The van der Waals surface area contributed by atoms with E-state index in [0.29, 0.717) is 0 Å². The summed E-state index contributed by atoms with van der Waals surface area (Å²) in [6.45, 7) is 3.09. The van der Waals surface area contributed by atoms with Crippen LogP contribution in [0, 0.1) is 0 Å². The third-order valence-corrected chi connectivity index (χ3v) is 7.49. The smallest absolute Gasteiger partial charge is 0.138 e. The normalized spacial score (nSPS) is 18.0. The first-order valence-corrected chi connectivity index (χ1v) is 11.5. The molecule has 2 aliphatic rings. The SMILES string of the molecule is COc1ccccc1[C@H](CNc1ncnc2sc3c(c12)CCCC3)N1CCCC1. The van der Waals surface area contributed by atoms with Gasteiger partial charge >= 0.3 is 0 Å². The van der Waals surface area contributed by atoms with E-state index in [9.17, 15) is 0 Å². The summed E-state index contributed by atoms with van der Waals surface area (Å²) in [5, 5.41) is 4.97. The molecule has 1 N–H and O–H groups in total. The topological polar surface area (TPSA) is 50.3 Å². The highest BCUT2D eigenvalue weighted by Gasteiger charge is 2.27. The molecule has 1 fully saturated rings. The molecule has 6 heteroatoms. The van der Waals surface area contributed by atoms with Gasteiger partial charge in [-0.25, -0.2) is 9.97 Å². The summed E-state index contributed by atoms with van der Waals surface area (Å²) >= 11 is 1.85. The molecule has 3 heterocycles. The number of para-hydroxylation sites is 1. The Labute approximate surface area is 176 Å². The Morgan fingerprint density at radius 2 is 1.93 bits per heavy atom. The molecule has 3 aromatic rings. The van der Waals surface area contributed by atoms with Crippen LogP contribution in [-0.4, -0.2) is 41.6 Å². The molecule has 1 aromatic carbocycles. The van der Waals surface area contributed by atoms with Gasteiger partial charge in [0, 0.05) is 17.0 Å². The Morgan fingerprint density at radius 3 is 2.79 bits per heavy atom. The van der Waals surface area contributed by atoms with Gasteiger partial charge in [0.1, 0.15) is 22.7 Å². The highest BCUT2D eigenvalue weighted by molar-refractivity contribution is 7.19. The summed E-state index contributed by atoms with van der Waals surface area (Å²) in [6.07, 6.45) is 9.14. The molecular weight excluding hydrogens is 380 g/mol. The first-order valence-electron chi connectivity index (χ1n) is 10.7. The average Bonchev–Trinajstić information content (AvgIpc) is 3.42. The molecule has 0 radical (unpaired) electrons. The van der Waals surface area contributed by atoms with Crippen molar-refractivity contribution in [3.05, 3.63) is 46.6 Å². The number of methoxy groups -OCH3 is 1. The number of aryl methyl sites for hydroxylation is 2. The van der Waals surface area contributed by atoms with E-state index < -0.39 is 0 Å². The predicted octanol–water partition coefficient (Wildman–Crippen LogP) is 4.83. The van der Waals surface area contributed by atoms with E-state index in [1.807, 2.05) is 17.4 Å². The van der Waals surface area contributed by atoms with Crippen LogP contribution in [0.2, 0.25) is 0 Å². The maximum Gasteiger partial charge on any atom is 0.138 e. The lowest BCUT2D eigenvalue weighted by Crippen LogP contribution is -2.31. The van der Waals surface area contributed by atoms with Crippen molar-refractivity contribution in [2.45, 2.75) is 44.6 Å². The van der Waals surface area contributed by atoms with Crippen LogP contribution in [0.15, 0.2) is 30.6 Å². The number of likely N-dealkylation sites (tertiary alicyclic amines) is 1. The number of rotatable bonds is 6. The van der Waals surface area contributed by atoms with Crippen molar-refractivity contribution < 1.29 is 4.74 Å². The molecule has 5 rings (SSSR count). The van der Waals surface area contributed by atoms with Gasteiger partial charge in [0.05, 0.1) is 18.5 Å². The van der Waals surface area contributed by atoms with Crippen molar-refractivity contribution in [1.29, 1.82) is 0 Å². The molecular formula is C23H28N4OS. The predicted molar refractivity (Wildman–Crippen MR) is 119 cm³/mol. The first kappa shape index (κ1) is 18.8. The summed E-state index contributed by atoms with van der Waals surface area (Å²) < 4.78 is 5.69. The van der Waals surface area contributed by atoms with Crippen LogP contribution in [0.25, 0.3) is 10.2 Å². The van der Waals surface area contributed by atoms with E-state index >= 15 is 0 Å². The zero-order valence-electron chi connectivity index (χ0n) is 17.0. The first-order chi connectivity index (χ1) is 14.3. The lowest BCUT2D eigenvalue weighted by Gasteiger charge is -2.29. The van der Waals surface area contributed by atoms with E-state index in [0.717, 1.165) is 42.5 Å². The molecule has 29 heavy (non-hydrogen) atoms. The summed E-state index contributed by atoms with van der Waals surface area (Å²) in [7, 11) is 1.76. The molecule has 0 unspecified atom stereocenters. The molecule has 2 aromatic heterocycles. The molecule has 5 nitrogen and oxygen atoms in total. The van der Waals surface area contributed by atoms with E-state index in [-0.39, 0.29) is 6.04 Å². The van der Waals surface area contributed by atoms with Gasteiger partial charge in [0.2, 0.25) is 0 Å². The number of hydrogen-bond acceptors (Lipinski definition) is 6. The van der Waals surface area contributed by atoms with Crippen LogP contribution in [0.1, 0.15) is 47.7 Å². The number of nitrogens with zero attached hydrogens (tertiary/aromatic N) is 3. The van der Waals surface area contributed by atoms with E-state index in [4.69, 9.17) is 4.74 Å². The fourth-order valence-corrected chi connectivity index (χ4v) is 6.08. The Hall–Kier alpha value is -2.18. The van der Waals surface area contributed by atoms with Gasteiger partial charge in [-0.05, 0) is 63.2 Å². The van der Waals surface area contributed by atoms with Crippen LogP contribution < -0.4 is 10.1 Å². The van der Waals surface area contributed by atoms with Crippen molar-refractivity contribution in [2.75, 3.05) is 32.1 Å². The number of fused-ring (bicyclic) bond motifs is 3. The van der Waals surface area contributed by atoms with Crippen molar-refractivity contribution >= 4 is 27.4 Å². The molecule has 1 saturated heterocycles. The Morgan fingerprint density at radius 1 is 1.10 bits per heavy atom. The second kappa shape index (κ2) is 8.28. The largest absolute Gasteiger partial charge is 0.496 e. The van der Waals surface area contributed by atoms with Crippen molar-refractivity contribution in [2.24, 2.45) is 0 Å². The summed E-state index contributed by atoms with van der Waals surface area (Å²) in [4.78, 5) is 14.4. The summed E-state index contributed by atoms with van der Waals surface area (Å²) in [6, 6.07) is 8.69. The second-order valence-electron chi connectivity index (χ2n) is 8.00. The maximum absolute atomic E-state index is 5.69. The number of aromatic nitrogens is 2. The average molecular weight is 409 g/mol. The van der Waals surface area contributed by atoms with Crippen molar-refractivity contribution in [3.8, 4) is 5.75 Å². The molecule has 0 spiro atoms. The minimum Gasteiger partial charge on any atom is -0.496 e. The number of benzene rings is 1. The quantitative estimate of drug-likeness (QED) is 0.633. The zero-order valence-corrected chi connectivity index (χ0v) is 17.8. The number of anilines is 1. The van der Waals surface area contributed by atoms with Gasteiger partial charge in [-0.1, -0.05) is 18.2 Å². The molecule has 152 valence electrons. The second-order valence-corrected chi connectivity index (χ2v) is 9.08. The minimum atomic E-state index is 0.271. The van der Waals surface area contributed by atoms with E-state index in [2.05, 4.69) is 38.4 Å². The van der Waals surface area contributed by atoms with E-state index in [1.165, 1.54) is 53.5 Å². The zero-order chi connectivity index (χ0) is 19.6. The number of ether oxygens (including phenoxy) is 1. The standard InChI is InChI=1S/C23H28N4OS/c1-28-19-10-4-2-8-16(19)18(27-12-6-7-13-27)14-24-22-21-17-9-3-5-11-20(17)29-23(21)26-15-25-22/h2,4,8,10,15,18H,3,5-7,9,11-14H2,1H3,(H,24,25,26)/t18-/m0/s1. The highest BCUT2D eigenvalue weighted by atomic mass is 32.1. The van der Waals surface area contributed by atoms with Gasteiger partial charge in [-0.2, -0.15) is 0 Å². The van der Waals surface area contributed by atoms with Crippen LogP contribution in [0.4, 0.5) is 5.82 Å². The number of hydrogen-bond donors (Lipinski definition) is 1. The van der Waals surface area contributed by atoms with Crippen LogP contribution in [-0.2, 0) is 12.8 Å². The lowest BCUT2D eigenvalue weighted by molar-refractivity contribution is 0.249. The molecule has 0 amide bonds. The maximum atomic E-state index is 5.69. The van der Waals surface area contributed by atoms with Crippen LogP contribution in [0.5, 0.6) is 5.75 Å². The minimum absolute atomic E-state index is 0.271. The fraction of sp³-hybridized carbons (Fsp3) is 0.478. The third-order valence-electron chi connectivity index (χ3n) is 6.29. The Balaban J connectivity index is 1.47. The van der Waals surface area contributed by atoms with Gasteiger partial charge in [-0.15, -0.1) is 11.3 Å². The number of thiophene rings is 1. The number of nitrogens with one attached hydrogen (secondary N) is 1. The van der Waals surface area contributed by atoms with Crippen LogP contribution >= 0.6 is 11.3 Å². The Bertz CT molecular complexity index is 996. The van der Waals surface area contributed by atoms with Crippen molar-refractivity contribution in [3.63, 3.8) is 0 Å². The lowest BCUT2D eigenvalue weighted by atomic mass is 9.97. The van der Waals surface area contributed by atoms with Gasteiger partial charge < -0.3 is 10.1 Å².